The molecule has 0 aliphatic carbocycles. The molecule has 1 aromatic heterocycles. The molecule has 0 aromatic carbocycles. The van der Waals surface area contributed by atoms with Gasteiger partial charge in [-0.2, -0.15) is 0 Å². The van der Waals surface area contributed by atoms with E-state index >= 15 is 0 Å². The molecule has 1 aromatic rings. The fourth-order valence-electron chi connectivity index (χ4n) is 0.614. The Labute approximate surface area is 64.4 Å². The average Bonchev–Trinajstić information content (AvgIpc) is 2.06. The zero-order chi connectivity index (χ0) is 8.32. The summed E-state index contributed by atoms with van der Waals surface area (Å²) in [6.45, 7) is 0. The van der Waals surface area contributed by atoms with Crippen molar-refractivity contribution < 1.29 is 14.0 Å². The first-order valence-corrected chi connectivity index (χ1v) is 4.54. The summed E-state index contributed by atoms with van der Waals surface area (Å²) in [7, 11) is -2.46. The smallest absolute Gasteiger partial charge is 0.320 e. The number of hydrogen-bond donors (Lipinski definition) is 1. The maximum atomic E-state index is 11.1. The lowest BCUT2D eigenvalue weighted by atomic mass is 10.5. The Kier molecular flexibility index (Phi) is 2.39. The molecule has 0 saturated heterocycles. The zero-order valence-corrected chi connectivity index (χ0v) is 6.86. The summed E-state index contributed by atoms with van der Waals surface area (Å²) in [5.74, 6) is 0. The lowest BCUT2D eigenvalue weighted by molar-refractivity contribution is 0.327. The van der Waals surface area contributed by atoms with Crippen molar-refractivity contribution in [2.75, 3.05) is 7.11 Å². The summed E-state index contributed by atoms with van der Waals surface area (Å²) in [4.78, 5) is 12.7. The van der Waals surface area contributed by atoms with Crippen molar-refractivity contribution in [3.8, 4) is 0 Å². The molecule has 0 bridgehead atoms. The predicted molar refractivity (Wildman–Crippen MR) is 40.7 cm³/mol. The van der Waals surface area contributed by atoms with Crippen molar-refractivity contribution in [3.05, 3.63) is 24.4 Å². The summed E-state index contributed by atoms with van der Waals surface area (Å²) in [6.07, 6.45) is 1.44. The highest BCUT2D eigenvalue weighted by atomic mass is 31.2. The molecule has 0 aliphatic rings. The molecule has 0 radical (unpaired) electrons. The average molecular weight is 173 g/mol. The Hall–Kier alpha value is -0.700. The van der Waals surface area contributed by atoms with Crippen molar-refractivity contribution >= 4 is 13.0 Å². The van der Waals surface area contributed by atoms with Gasteiger partial charge in [0.1, 0.15) is 0 Å². The fourth-order valence-corrected chi connectivity index (χ4v) is 1.29. The van der Waals surface area contributed by atoms with Crippen LogP contribution in [0.3, 0.4) is 0 Å². The van der Waals surface area contributed by atoms with E-state index in [0.717, 1.165) is 0 Å². The molecular formula is C6H8NO3P. The first-order valence-electron chi connectivity index (χ1n) is 2.97. The molecule has 0 aliphatic heterocycles. The van der Waals surface area contributed by atoms with Gasteiger partial charge in [0.25, 0.3) is 0 Å². The Morgan fingerprint density at radius 1 is 1.64 bits per heavy atom. The van der Waals surface area contributed by atoms with Crippen LogP contribution in [0.25, 0.3) is 0 Å². The highest BCUT2D eigenvalue weighted by Gasteiger charge is 2.21. The van der Waals surface area contributed by atoms with Crippen molar-refractivity contribution in [1.82, 2.24) is 4.98 Å². The highest BCUT2D eigenvalue weighted by Crippen LogP contribution is 2.37. The van der Waals surface area contributed by atoms with Gasteiger partial charge in [-0.25, -0.2) is 4.98 Å². The minimum atomic E-state index is -3.64. The van der Waals surface area contributed by atoms with E-state index in [0.29, 0.717) is 0 Å². The van der Waals surface area contributed by atoms with Crippen LogP contribution < -0.4 is 5.44 Å². The van der Waals surface area contributed by atoms with Gasteiger partial charge >= 0.3 is 7.60 Å². The molecule has 1 unspecified atom stereocenters. The molecule has 0 saturated carbocycles. The second-order valence-electron chi connectivity index (χ2n) is 1.89. The summed E-state index contributed by atoms with van der Waals surface area (Å²) in [5, 5.41) is 0. The highest BCUT2D eigenvalue weighted by molar-refractivity contribution is 7.60. The van der Waals surface area contributed by atoms with E-state index in [1.54, 1.807) is 12.1 Å². The molecule has 1 rings (SSSR count). The maximum absolute atomic E-state index is 11.1. The molecule has 0 amide bonds. The van der Waals surface area contributed by atoms with Gasteiger partial charge in [-0.1, -0.05) is 6.07 Å². The van der Waals surface area contributed by atoms with Crippen molar-refractivity contribution in [2.24, 2.45) is 0 Å². The van der Waals surface area contributed by atoms with Crippen LogP contribution >= 0.6 is 7.60 Å². The first kappa shape index (κ1) is 8.40. The van der Waals surface area contributed by atoms with Gasteiger partial charge < -0.3 is 9.42 Å². The molecule has 0 fully saturated rings. The van der Waals surface area contributed by atoms with Gasteiger partial charge in [0, 0.05) is 13.3 Å². The normalized spacial score (nSPS) is 15.8. The third-order valence-corrected chi connectivity index (χ3v) is 2.52. The van der Waals surface area contributed by atoms with Gasteiger partial charge in [0.05, 0.1) is 0 Å². The zero-order valence-electron chi connectivity index (χ0n) is 5.97. The van der Waals surface area contributed by atoms with E-state index in [4.69, 9.17) is 4.89 Å². The minimum absolute atomic E-state index is 0.0718. The maximum Gasteiger partial charge on any atom is 0.376 e. The largest absolute Gasteiger partial charge is 0.376 e. The Morgan fingerprint density at radius 2 is 2.36 bits per heavy atom. The van der Waals surface area contributed by atoms with Gasteiger partial charge in [-0.3, -0.25) is 4.57 Å². The van der Waals surface area contributed by atoms with Crippen molar-refractivity contribution in [2.45, 2.75) is 0 Å². The molecule has 60 valence electrons. The van der Waals surface area contributed by atoms with E-state index in [2.05, 4.69) is 9.51 Å². The second-order valence-corrected chi connectivity index (χ2v) is 3.76. The number of pyridine rings is 1. The van der Waals surface area contributed by atoms with Crippen LogP contribution in [-0.4, -0.2) is 17.0 Å². The summed E-state index contributed by atoms with van der Waals surface area (Å²) >= 11 is 0. The van der Waals surface area contributed by atoms with E-state index < -0.39 is 7.60 Å². The third-order valence-electron chi connectivity index (χ3n) is 1.19. The quantitative estimate of drug-likeness (QED) is 0.663. The van der Waals surface area contributed by atoms with Crippen LogP contribution in [0.5, 0.6) is 0 Å². The van der Waals surface area contributed by atoms with Gasteiger partial charge in [-0.05, 0) is 12.1 Å². The molecule has 5 heteroatoms. The van der Waals surface area contributed by atoms with Crippen LogP contribution in [-0.2, 0) is 9.09 Å². The molecule has 1 atom stereocenters. The Bertz CT molecular complexity index is 274. The molecule has 4 nitrogen and oxygen atoms in total. The fraction of sp³-hybridized carbons (Fsp3) is 0.167. The van der Waals surface area contributed by atoms with Gasteiger partial charge in [-0.15, -0.1) is 0 Å². The topological polar surface area (TPSA) is 59.4 Å². The Balaban J connectivity index is 3.03. The van der Waals surface area contributed by atoms with Crippen LogP contribution in [0.1, 0.15) is 0 Å². The molecule has 1 heterocycles. The van der Waals surface area contributed by atoms with E-state index in [9.17, 15) is 4.57 Å². The summed E-state index contributed by atoms with van der Waals surface area (Å²) in [6, 6.07) is 4.74. The predicted octanol–water partition coefficient (Wildman–Crippen LogP) is 0.539. The first-order chi connectivity index (χ1) is 5.17. The lowest BCUT2D eigenvalue weighted by Gasteiger charge is -2.05. The van der Waals surface area contributed by atoms with Crippen LogP contribution in [0, 0.1) is 0 Å². The molecule has 0 spiro atoms. The van der Waals surface area contributed by atoms with Gasteiger partial charge in [0.2, 0.25) is 0 Å². The SMILES string of the molecule is COP(=O)(O)c1ccccn1. The van der Waals surface area contributed by atoms with E-state index in [-0.39, 0.29) is 5.44 Å². The molecule has 1 N–H and O–H groups in total. The Morgan fingerprint density at radius 3 is 2.82 bits per heavy atom. The number of nitrogens with zero attached hydrogens (tertiary/aromatic N) is 1. The third kappa shape index (κ3) is 1.87. The van der Waals surface area contributed by atoms with E-state index in [1.165, 1.54) is 19.4 Å². The second kappa shape index (κ2) is 3.13. The summed E-state index contributed by atoms with van der Waals surface area (Å²) in [5.41, 5.74) is 0.0718. The van der Waals surface area contributed by atoms with E-state index in [1.807, 2.05) is 0 Å². The number of rotatable bonds is 2. The van der Waals surface area contributed by atoms with Crippen LogP contribution in [0.4, 0.5) is 0 Å². The monoisotopic (exact) mass is 173 g/mol. The number of aromatic nitrogens is 1. The van der Waals surface area contributed by atoms with Gasteiger partial charge in [0.15, 0.2) is 5.44 Å². The summed E-state index contributed by atoms with van der Waals surface area (Å²) < 4.78 is 15.4. The van der Waals surface area contributed by atoms with Crippen molar-refractivity contribution in [1.29, 1.82) is 0 Å². The lowest BCUT2D eigenvalue weighted by Crippen LogP contribution is -2.08. The van der Waals surface area contributed by atoms with Crippen molar-refractivity contribution in [3.63, 3.8) is 0 Å². The standard InChI is InChI=1S/C6H8NO3P/c1-10-11(8,9)6-4-2-3-5-7-6/h2-5H,1H3,(H,8,9). The number of hydrogen-bond acceptors (Lipinski definition) is 3. The van der Waals surface area contributed by atoms with Crippen LogP contribution in [0.15, 0.2) is 24.4 Å². The molecular weight excluding hydrogens is 165 g/mol. The minimum Gasteiger partial charge on any atom is -0.320 e. The van der Waals surface area contributed by atoms with Crippen LogP contribution in [0.2, 0.25) is 0 Å². The molecule has 11 heavy (non-hydrogen) atoms.